The molecular formula is C26H29FN4O2S. The van der Waals surface area contributed by atoms with Crippen LogP contribution in [0.15, 0.2) is 53.0 Å². The molecule has 1 fully saturated rings. The minimum atomic E-state index is -1.66. The Kier molecular flexibility index (Phi) is 6.38. The van der Waals surface area contributed by atoms with E-state index in [9.17, 15) is 10.1 Å². The summed E-state index contributed by atoms with van der Waals surface area (Å²) in [6, 6.07) is 8.05. The predicted octanol–water partition coefficient (Wildman–Crippen LogP) is 3.48. The van der Waals surface area contributed by atoms with Gasteiger partial charge in [0.15, 0.2) is 0 Å². The van der Waals surface area contributed by atoms with Crippen LogP contribution in [0.5, 0.6) is 0 Å². The van der Waals surface area contributed by atoms with Gasteiger partial charge in [-0.05, 0) is 61.3 Å². The summed E-state index contributed by atoms with van der Waals surface area (Å²) in [5, 5.41) is 8.97. The van der Waals surface area contributed by atoms with Crippen molar-refractivity contribution in [1.82, 2.24) is 9.80 Å². The van der Waals surface area contributed by atoms with E-state index in [0.717, 1.165) is 42.0 Å². The fourth-order valence-electron chi connectivity index (χ4n) is 5.41. The van der Waals surface area contributed by atoms with E-state index in [-0.39, 0.29) is 17.4 Å². The number of nitriles is 1. The maximum atomic E-state index is 16.3. The largest absolute Gasteiger partial charge is 0.373 e. The number of thioether (sulfide) groups is 1. The van der Waals surface area contributed by atoms with Crippen LogP contribution in [0.3, 0.4) is 0 Å². The Morgan fingerprint density at radius 2 is 2.26 bits per heavy atom. The average molecular weight is 481 g/mol. The number of alkyl halides is 1. The topological polar surface area (TPSA) is 82.6 Å². The van der Waals surface area contributed by atoms with Gasteiger partial charge in [-0.2, -0.15) is 5.26 Å². The summed E-state index contributed by atoms with van der Waals surface area (Å²) < 4.78 is 22.4. The summed E-state index contributed by atoms with van der Waals surface area (Å²) in [6.45, 7) is 5.61. The molecule has 0 spiro atoms. The van der Waals surface area contributed by atoms with Gasteiger partial charge in [-0.25, -0.2) is 4.39 Å². The number of amides is 1. The first kappa shape index (κ1) is 23.3. The van der Waals surface area contributed by atoms with Gasteiger partial charge >= 0.3 is 0 Å². The highest BCUT2D eigenvalue weighted by Gasteiger charge is 2.46. The SMILES string of the molecule is C[C@@H]1CN(C2(F)C=CC=C3SC(C#N)C=C32)CCN1CC[C@@H]1OCCc2cc(C(N)=O)ccc21. The Bertz CT molecular complexity index is 1130. The average Bonchev–Trinajstić information content (AvgIpc) is 3.28. The highest BCUT2D eigenvalue weighted by atomic mass is 32.2. The number of benzene rings is 1. The summed E-state index contributed by atoms with van der Waals surface area (Å²) in [6.07, 6.45) is 8.69. The summed E-state index contributed by atoms with van der Waals surface area (Å²) in [5.74, 6) is -2.07. The zero-order valence-corrected chi connectivity index (χ0v) is 20.1. The van der Waals surface area contributed by atoms with Crippen LogP contribution < -0.4 is 5.73 Å². The fourth-order valence-corrected chi connectivity index (χ4v) is 6.44. The molecular weight excluding hydrogens is 451 g/mol. The van der Waals surface area contributed by atoms with Gasteiger partial charge in [-0.15, -0.1) is 11.8 Å². The van der Waals surface area contributed by atoms with Crippen LogP contribution in [-0.2, 0) is 11.2 Å². The molecule has 3 heterocycles. The summed E-state index contributed by atoms with van der Waals surface area (Å²) in [5.41, 5.74) is 8.86. The molecule has 8 heteroatoms. The van der Waals surface area contributed by atoms with Crippen molar-refractivity contribution in [2.24, 2.45) is 5.73 Å². The Hall–Kier alpha value is -2.44. The number of rotatable bonds is 5. The lowest BCUT2D eigenvalue weighted by atomic mass is 9.93. The molecule has 6 nitrogen and oxygen atoms in total. The van der Waals surface area contributed by atoms with E-state index in [0.29, 0.717) is 30.8 Å². The van der Waals surface area contributed by atoms with Crippen molar-refractivity contribution < 1.29 is 13.9 Å². The zero-order chi connectivity index (χ0) is 23.9. The van der Waals surface area contributed by atoms with Crippen molar-refractivity contribution in [3.05, 3.63) is 69.7 Å². The van der Waals surface area contributed by atoms with E-state index < -0.39 is 11.7 Å². The van der Waals surface area contributed by atoms with Gasteiger partial charge in [0.25, 0.3) is 0 Å². The predicted molar refractivity (Wildman–Crippen MR) is 131 cm³/mol. The lowest BCUT2D eigenvalue weighted by molar-refractivity contribution is -0.0279. The fraction of sp³-hybridized carbons (Fsp3) is 0.462. The molecule has 178 valence electrons. The minimum absolute atomic E-state index is 0.0130. The molecule has 2 N–H and O–H groups in total. The first-order chi connectivity index (χ1) is 16.4. The summed E-state index contributed by atoms with van der Waals surface area (Å²) in [4.78, 5) is 16.7. The minimum Gasteiger partial charge on any atom is -0.373 e. The molecule has 34 heavy (non-hydrogen) atoms. The van der Waals surface area contributed by atoms with Gasteiger partial charge in [0.2, 0.25) is 11.7 Å². The number of halogens is 1. The molecule has 3 aliphatic heterocycles. The van der Waals surface area contributed by atoms with Gasteiger partial charge in [0, 0.05) is 48.3 Å². The van der Waals surface area contributed by atoms with E-state index in [1.165, 1.54) is 11.8 Å². The van der Waals surface area contributed by atoms with Crippen LogP contribution in [0.4, 0.5) is 4.39 Å². The zero-order valence-electron chi connectivity index (χ0n) is 19.2. The number of primary amides is 1. The van der Waals surface area contributed by atoms with Gasteiger partial charge in [-0.3, -0.25) is 14.6 Å². The Morgan fingerprint density at radius 1 is 1.41 bits per heavy atom. The van der Waals surface area contributed by atoms with E-state index in [2.05, 4.69) is 17.9 Å². The van der Waals surface area contributed by atoms with Crippen molar-refractivity contribution in [2.45, 2.75) is 43.0 Å². The smallest absolute Gasteiger partial charge is 0.248 e. The molecule has 1 aromatic rings. The van der Waals surface area contributed by atoms with Crippen LogP contribution in [0.2, 0.25) is 0 Å². The van der Waals surface area contributed by atoms with Crippen molar-refractivity contribution in [2.75, 3.05) is 32.8 Å². The third kappa shape index (κ3) is 4.22. The standard InChI is InChI=1S/C26H29FN4O2S/c1-17-16-31(26(27)8-2-3-24-22(26)14-20(15-28)34-24)11-10-30(17)9-6-23-21-5-4-19(25(29)32)13-18(21)7-12-33-23/h2-5,8,13-14,17,20,23H,6-7,9-12,16H2,1H3,(H2,29,32)/t17-,20?,23+,26?/m1/s1. The number of hydrogen-bond donors (Lipinski definition) is 1. The second-order valence-corrected chi connectivity index (χ2v) is 10.5. The highest BCUT2D eigenvalue weighted by Crippen LogP contribution is 2.48. The molecule has 0 aromatic heterocycles. The van der Waals surface area contributed by atoms with Crippen LogP contribution in [0.25, 0.3) is 0 Å². The number of carbonyl (C=O) groups excluding carboxylic acids is 1. The monoisotopic (exact) mass is 480 g/mol. The van der Waals surface area contributed by atoms with Crippen LogP contribution in [0.1, 0.15) is 40.9 Å². The number of piperazine rings is 1. The van der Waals surface area contributed by atoms with Crippen LogP contribution in [-0.4, -0.2) is 65.6 Å². The molecule has 0 radical (unpaired) electrons. The second kappa shape index (κ2) is 9.31. The molecule has 1 amide bonds. The summed E-state index contributed by atoms with van der Waals surface area (Å²) in [7, 11) is 0. The molecule has 2 unspecified atom stereocenters. The van der Waals surface area contributed by atoms with Crippen molar-refractivity contribution >= 4 is 17.7 Å². The molecule has 0 saturated carbocycles. The molecule has 0 bridgehead atoms. The van der Waals surface area contributed by atoms with E-state index in [1.54, 1.807) is 24.3 Å². The van der Waals surface area contributed by atoms with Crippen LogP contribution >= 0.6 is 11.8 Å². The third-order valence-electron chi connectivity index (χ3n) is 7.28. The lowest BCUT2D eigenvalue weighted by Gasteiger charge is -2.46. The summed E-state index contributed by atoms with van der Waals surface area (Å²) >= 11 is 1.42. The highest BCUT2D eigenvalue weighted by molar-refractivity contribution is 8.04. The number of nitrogens with two attached hydrogens (primary N) is 1. The van der Waals surface area contributed by atoms with E-state index in [1.807, 2.05) is 23.1 Å². The number of fused-ring (bicyclic) bond motifs is 2. The molecule has 5 rings (SSSR count). The number of allylic oxidation sites excluding steroid dienone is 2. The molecule has 1 saturated heterocycles. The number of carbonyl (C=O) groups is 1. The quantitative estimate of drug-likeness (QED) is 0.650. The number of ether oxygens (including phenoxy) is 1. The first-order valence-electron chi connectivity index (χ1n) is 11.8. The number of nitrogens with zero attached hydrogens (tertiary/aromatic N) is 3. The van der Waals surface area contributed by atoms with Crippen LogP contribution in [0, 0.1) is 11.3 Å². The Labute approximate surface area is 203 Å². The Balaban J connectivity index is 1.23. The van der Waals surface area contributed by atoms with Gasteiger partial charge in [-0.1, -0.05) is 12.1 Å². The number of hydrogen-bond acceptors (Lipinski definition) is 6. The van der Waals surface area contributed by atoms with Gasteiger partial charge in [0.1, 0.15) is 5.25 Å². The maximum Gasteiger partial charge on any atom is 0.248 e. The van der Waals surface area contributed by atoms with Gasteiger partial charge < -0.3 is 10.5 Å². The van der Waals surface area contributed by atoms with E-state index >= 15 is 4.39 Å². The third-order valence-corrected chi connectivity index (χ3v) is 8.38. The van der Waals surface area contributed by atoms with Crippen molar-refractivity contribution in [1.29, 1.82) is 5.26 Å². The lowest BCUT2D eigenvalue weighted by Crippen LogP contribution is -2.59. The molecule has 4 aliphatic rings. The Morgan fingerprint density at radius 3 is 3.03 bits per heavy atom. The normalized spacial score (nSPS) is 31.3. The van der Waals surface area contributed by atoms with Gasteiger partial charge in [0.05, 0.1) is 18.8 Å². The molecule has 1 aromatic carbocycles. The second-order valence-electron chi connectivity index (χ2n) is 9.32. The first-order valence-corrected chi connectivity index (χ1v) is 12.7. The molecule has 4 atom stereocenters. The van der Waals surface area contributed by atoms with Crippen molar-refractivity contribution in [3.8, 4) is 6.07 Å². The molecule has 1 aliphatic carbocycles. The maximum absolute atomic E-state index is 16.3. The van der Waals surface area contributed by atoms with E-state index in [4.69, 9.17) is 10.5 Å². The van der Waals surface area contributed by atoms with Crippen molar-refractivity contribution in [3.63, 3.8) is 0 Å².